The van der Waals surface area contributed by atoms with Gasteiger partial charge in [-0.3, -0.25) is 14.0 Å². The smallest absolute Gasteiger partial charge is 0.310 e. The number of carbonyl (C=O) groups is 1. The standard InChI is InChI=1S/C22H20N2O4/c1-3-15-5-6-18-16(12-27-19(18)8-15)9-22(26)28-13-17-10-21(25)24-11-14(2)4-7-20(24)23-17/h4-8,10-12H,3,9,13H2,1-2H3. The molecule has 0 spiro atoms. The molecule has 0 aliphatic rings. The Labute approximate surface area is 161 Å². The maximum Gasteiger partial charge on any atom is 0.310 e. The second kappa shape index (κ2) is 7.31. The Kier molecular flexibility index (Phi) is 4.69. The van der Waals surface area contributed by atoms with Gasteiger partial charge in [-0.25, -0.2) is 4.98 Å². The van der Waals surface area contributed by atoms with E-state index in [2.05, 4.69) is 11.9 Å². The Morgan fingerprint density at radius 2 is 2.07 bits per heavy atom. The normalized spacial score (nSPS) is 11.2. The maximum absolute atomic E-state index is 12.3. The summed E-state index contributed by atoms with van der Waals surface area (Å²) in [5, 5.41) is 0.909. The van der Waals surface area contributed by atoms with E-state index in [4.69, 9.17) is 9.15 Å². The van der Waals surface area contributed by atoms with Gasteiger partial charge < -0.3 is 9.15 Å². The van der Waals surface area contributed by atoms with Crippen molar-refractivity contribution in [3.05, 3.63) is 81.6 Å². The van der Waals surface area contributed by atoms with Gasteiger partial charge in [0, 0.05) is 23.2 Å². The number of rotatable bonds is 5. The molecule has 3 heterocycles. The quantitative estimate of drug-likeness (QED) is 0.498. The molecule has 0 fully saturated rings. The first-order valence-electron chi connectivity index (χ1n) is 9.17. The lowest BCUT2D eigenvalue weighted by atomic mass is 10.1. The average Bonchev–Trinajstić information content (AvgIpc) is 3.09. The molecule has 0 saturated heterocycles. The van der Waals surface area contributed by atoms with E-state index < -0.39 is 5.97 Å². The predicted molar refractivity (Wildman–Crippen MR) is 105 cm³/mol. The summed E-state index contributed by atoms with van der Waals surface area (Å²) in [6.07, 6.45) is 4.35. The van der Waals surface area contributed by atoms with E-state index in [9.17, 15) is 9.59 Å². The minimum absolute atomic E-state index is 0.0474. The Balaban J connectivity index is 1.47. The van der Waals surface area contributed by atoms with E-state index in [1.807, 2.05) is 31.2 Å². The van der Waals surface area contributed by atoms with Crippen LogP contribution in [-0.4, -0.2) is 15.4 Å². The van der Waals surface area contributed by atoms with Crippen LogP contribution in [0.25, 0.3) is 16.6 Å². The molecule has 0 bridgehead atoms. The largest absolute Gasteiger partial charge is 0.464 e. The molecular formula is C22H20N2O4. The van der Waals surface area contributed by atoms with Gasteiger partial charge in [0.05, 0.1) is 18.4 Å². The van der Waals surface area contributed by atoms with Crippen molar-refractivity contribution in [2.75, 3.05) is 0 Å². The number of pyridine rings is 1. The number of aromatic nitrogens is 2. The molecule has 6 heteroatoms. The van der Waals surface area contributed by atoms with E-state index in [1.165, 1.54) is 16.0 Å². The fraction of sp³-hybridized carbons (Fsp3) is 0.227. The topological polar surface area (TPSA) is 73.8 Å². The van der Waals surface area contributed by atoms with E-state index in [1.54, 1.807) is 18.5 Å². The zero-order chi connectivity index (χ0) is 19.7. The van der Waals surface area contributed by atoms with Crippen LogP contribution in [-0.2, 0) is 29.0 Å². The van der Waals surface area contributed by atoms with Gasteiger partial charge in [-0.05, 0) is 36.6 Å². The molecule has 1 aromatic carbocycles. The molecule has 0 N–H and O–H groups in total. The highest BCUT2D eigenvalue weighted by Gasteiger charge is 2.13. The van der Waals surface area contributed by atoms with E-state index in [0.29, 0.717) is 11.3 Å². The molecule has 4 rings (SSSR count). The van der Waals surface area contributed by atoms with Gasteiger partial charge in [0.25, 0.3) is 5.56 Å². The third-order valence-corrected chi connectivity index (χ3v) is 4.70. The van der Waals surface area contributed by atoms with Crippen LogP contribution in [0, 0.1) is 6.92 Å². The summed E-state index contributed by atoms with van der Waals surface area (Å²) in [5.74, 6) is -0.395. The van der Waals surface area contributed by atoms with Crippen LogP contribution >= 0.6 is 0 Å². The molecule has 142 valence electrons. The zero-order valence-electron chi connectivity index (χ0n) is 15.8. The number of nitrogens with zero attached hydrogens (tertiary/aromatic N) is 2. The van der Waals surface area contributed by atoms with Gasteiger partial charge in [-0.1, -0.05) is 25.1 Å². The van der Waals surface area contributed by atoms with Crippen LogP contribution in [0.2, 0.25) is 0 Å². The van der Waals surface area contributed by atoms with Crippen molar-refractivity contribution < 1.29 is 13.9 Å². The Bertz CT molecular complexity index is 1240. The maximum atomic E-state index is 12.3. The lowest BCUT2D eigenvalue weighted by molar-refractivity contribution is -0.144. The minimum atomic E-state index is -0.395. The molecule has 0 amide bonds. The zero-order valence-corrected chi connectivity index (χ0v) is 15.8. The highest BCUT2D eigenvalue weighted by Crippen LogP contribution is 2.23. The Hall–Kier alpha value is -3.41. The van der Waals surface area contributed by atoms with Crippen LogP contribution in [0.3, 0.4) is 0 Å². The highest BCUT2D eigenvalue weighted by molar-refractivity contribution is 5.86. The fourth-order valence-electron chi connectivity index (χ4n) is 3.18. The molecule has 28 heavy (non-hydrogen) atoms. The van der Waals surface area contributed by atoms with Crippen molar-refractivity contribution in [1.82, 2.24) is 9.38 Å². The first-order valence-corrected chi connectivity index (χ1v) is 9.17. The summed E-state index contributed by atoms with van der Waals surface area (Å²) in [6, 6.07) is 11.0. The van der Waals surface area contributed by atoms with E-state index in [0.717, 1.165) is 28.5 Å². The summed E-state index contributed by atoms with van der Waals surface area (Å²) in [7, 11) is 0. The van der Waals surface area contributed by atoms with E-state index >= 15 is 0 Å². The van der Waals surface area contributed by atoms with Gasteiger partial charge >= 0.3 is 5.97 Å². The SMILES string of the molecule is CCc1ccc2c(CC(=O)OCc3cc(=O)n4cc(C)ccc4n3)coc2c1. The number of hydrogen-bond acceptors (Lipinski definition) is 5. The van der Waals surface area contributed by atoms with Crippen LogP contribution in [0.15, 0.2) is 58.1 Å². The Morgan fingerprint density at radius 1 is 1.21 bits per heavy atom. The third kappa shape index (κ3) is 3.53. The van der Waals surface area contributed by atoms with Crippen molar-refractivity contribution in [3.63, 3.8) is 0 Å². The molecule has 6 nitrogen and oxygen atoms in total. The number of aryl methyl sites for hydroxylation is 2. The summed E-state index contributed by atoms with van der Waals surface area (Å²) in [4.78, 5) is 28.9. The predicted octanol–water partition coefficient (Wildman–Crippen LogP) is 3.60. The molecule has 3 aromatic heterocycles. The first kappa shape index (κ1) is 18.0. The van der Waals surface area contributed by atoms with Crippen LogP contribution in [0.1, 0.15) is 29.3 Å². The number of benzene rings is 1. The second-order valence-electron chi connectivity index (χ2n) is 6.80. The minimum Gasteiger partial charge on any atom is -0.464 e. The molecule has 0 saturated carbocycles. The van der Waals surface area contributed by atoms with E-state index in [-0.39, 0.29) is 18.6 Å². The number of furan rings is 1. The lowest BCUT2D eigenvalue weighted by Gasteiger charge is -2.06. The number of carbonyl (C=O) groups excluding carboxylic acids is 1. The number of hydrogen-bond donors (Lipinski definition) is 0. The van der Waals surface area contributed by atoms with Crippen molar-refractivity contribution in [3.8, 4) is 0 Å². The van der Waals surface area contributed by atoms with Gasteiger partial charge in [0.1, 0.15) is 17.8 Å². The second-order valence-corrected chi connectivity index (χ2v) is 6.80. The molecule has 0 atom stereocenters. The molecule has 0 aliphatic heterocycles. The molecule has 4 aromatic rings. The van der Waals surface area contributed by atoms with Crippen molar-refractivity contribution in [1.29, 1.82) is 0 Å². The van der Waals surface area contributed by atoms with Gasteiger partial charge in [0.15, 0.2) is 0 Å². The highest BCUT2D eigenvalue weighted by atomic mass is 16.5. The Morgan fingerprint density at radius 3 is 2.89 bits per heavy atom. The monoisotopic (exact) mass is 376 g/mol. The lowest BCUT2D eigenvalue weighted by Crippen LogP contribution is -2.17. The fourth-order valence-corrected chi connectivity index (χ4v) is 3.18. The van der Waals surface area contributed by atoms with Crippen LogP contribution < -0.4 is 5.56 Å². The van der Waals surface area contributed by atoms with Gasteiger partial charge in [-0.2, -0.15) is 0 Å². The number of esters is 1. The van der Waals surface area contributed by atoms with Gasteiger partial charge in [0.2, 0.25) is 0 Å². The number of ether oxygens (including phenoxy) is 1. The number of fused-ring (bicyclic) bond motifs is 2. The van der Waals surface area contributed by atoms with Crippen LogP contribution in [0.5, 0.6) is 0 Å². The molecular weight excluding hydrogens is 356 g/mol. The first-order chi connectivity index (χ1) is 13.5. The summed E-state index contributed by atoms with van der Waals surface area (Å²) in [5.41, 5.74) is 4.44. The van der Waals surface area contributed by atoms with Crippen molar-refractivity contribution >= 4 is 22.6 Å². The summed E-state index contributed by atoms with van der Waals surface area (Å²) in [6.45, 7) is 3.94. The van der Waals surface area contributed by atoms with Crippen LogP contribution in [0.4, 0.5) is 0 Å². The summed E-state index contributed by atoms with van der Waals surface area (Å²) >= 11 is 0. The van der Waals surface area contributed by atoms with Crippen molar-refractivity contribution in [2.45, 2.75) is 33.3 Å². The summed E-state index contributed by atoms with van der Waals surface area (Å²) < 4.78 is 12.4. The average molecular weight is 376 g/mol. The molecule has 0 aliphatic carbocycles. The molecule has 0 unspecified atom stereocenters. The van der Waals surface area contributed by atoms with Gasteiger partial charge in [-0.15, -0.1) is 0 Å². The third-order valence-electron chi connectivity index (χ3n) is 4.70. The van der Waals surface area contributed by atoms with Crippen molar-refractivity contribution in [2.24, 2.45) is 0 Å². The molecule has 0 radical (unpaired) electrons.